The highest BCUT2D eigenvalue weighted by Gasteiger charge is 2.14. The Hall–Kier alpha value is -0.340. The molecule has 0 spiro atoms. The molecule has 0 rings (SSSR count). The molecule has 0 saturated heterocycles. The third kappa shape index (κ3) is 1.64. The molecular formula is C6H14N2. The first-order chi connectivity index (χ1) is 3.50. The van der Waals surface area contributed by atoms with Crippen LogP contribution in [-0.2, 0) is 0 Å². The first-order valence-electron chi connectivity index (χ1n) is 2.64. The van der Waals surface area contributed by atoms with Crippen LogP contribution in [-0.4, -0.2) is 5.54 Å². The van der Waals surface area contributed by atoms with E-state index in [1.165, 1.54) is 0 Å². The summed E-state index contributed by atoms with van der Waals surface area (Å²) in [7, 11) is 0. The van der Waals surface area contributed by atoms with Gasteiger partial charge in [0.1, 0.15) is 0 Å². The number of hydrazine groups is 1. The lowest BCUT2D eigenvalue weighted by Crippen LogP contribution is -2.44. The Kier molecular flexibility index (Phi) is 2.19. The molecule has 0 amide bonds. The molecule has 2 heteroatoms. The lowest BCUT2D eigenvalue weighted by molar-refractivity contribution is 0.466. The predicted molar refractivity (Wildman–Crippen MR) is 36.2 cm³/mol. The second-order valence-electron chi connectivity index (χ2n) is 2.55. The van der Waals surface area contributed by atoms with E-state index < -0.39 is 0 Å². The van der Waals surface area contributed by atoms with E-state index in [-0.39, 0.29) is 5.54 Å². The van der Waals surface area contributed by atoms with Crippen molar-refractivity contribution >= 4 is 0 Å². The highest BCUT2D eigenvalue weighted by molar-refractivity contribution is 5.08. The molecule has 0 aliphatic heterocycles. The molecule has 0 aromatic carbocycles. The molecule has 48 valence electrons. The fourth-order valence-electron chi connectivity index (χ4n) is 0.123. The van der Waals surface area contributed by atoms with Gasteiger partial charge in [-0.3, -0.25) is 11.3 Å². The zero-order chi connectivity index (χ0) is 6.78. The minimum absolute atomic E-state index is 0.125. The van der Waals surface area contributed by atoms with Crippen LogP contribution in [0.1, 0.15) is 20.8 Å². The van der Waals surface area contributed by atoms with Gasteiger partial charge in [-0.1, -0.05) is 12.2 Å². The smallest absolute Gasteiger partial charge is 0.0468 e. The van der Waals surface area contributed by atoms with Crippen molar-refractivity contribution in [2.45, 2.75) is 26.3 Å². The van der Waals surface area contributed by atoms with Crippen molar-refractivity contribution in [3.05, 3.63) is 12.2 Å². The van der Waals surface area contributed by atoms with Crippen LogP contribution in [0.4, 0.5) is 0 Å². The number of rotatable bonds is 2. The molecule has 0 atom stereocenters. The maximum absolute atomic E-state index is 5.20. The summed E-state index contributed by atoms with van der Waals surface area (Å²) in [6.07, 6.45) is 0. The Morgan fingerprint density at radius 1 is 1.62 bits per heavy atom. The molecule has 8 heavy (non-hydrogen) atoms. The summed E-state index contributed by atoms with van der Waals surface area (Å²) in [6, 6.07) is 0. The number of hydrogen-bond acceptors (Lipinski definition) is 2. The minimum Gasteiger partial charge on any atom is -0.271 e. The van der Waals surface area contributed by atoms with E-state index in [4.69, 9.17) is 5.84 Å². The van der Waals surface area contributed by atoms with E-state index >= 15 is 0 Å². The Morgan fingerprint density at radius 3 is 2.00 bits per heavy atom. The van der Waals surface area contributed by atoms with Gasteiger partial charge in [0.2, 0.25) is 0 Å². The third-order valence-corrected chi connectivity index (χ3v) is 1.43. The standard InChI is InChI=1S/C6H14N2/c1-5(2)6(3,4)8-7/h8H,1,7H2,2-4H3. The molecule has 0 aromatic heterocycles. The van der Waals surface area contributed by atoms with Gasteiger partial charge >= 0.3 is 0 Å². The predicted octanol–water partition coefficient (Wildman–Crippen LogP) is 0.804. The quantitative estimate of drug-likeness (QED) is 0.316. The fraction of sp³-hybridized carbons (Fsp3) is 0.667. The van der Waals surface area contributed by atoms with Gasteiger partial charge in [0.15, 0.2) is 0 Å². The van der Waals surface area contributed by atoms with Crippen molar-refractivity contribution in [2.24, 2.45) is 5.84 Å². The first kappa shape index (κ1) is 7.66. The molecule has 2 nitrogen and oxygen atoms in total. The molecule has 0 heterocycles. The Labute approximate surface area is 50.7 Å². The monoisotopic (exact) mass is 114 g/mol. The highest BCUT2D eigenvalue weighted by Crippen LogP contribution is 2.09. The van der Waals surface area contributed by atoms with Gasteiger partial charge in [-0.05, 0) is 20.8 Å². The van der Waals surface area contributed by atoms with Crippen molar-refractivity contribution in [1.29, 1.82) is 0 Å². The summed E-state index contributed by atoms with van der Waals surface area (Å²) in [6.45, 7) is 9.66. The fourth-order valence-corrected chi connectivity index (χ4v) is 0.123. The van der Waals surface area contributed by atoms with Crippen LogP contribution in [0.5, 0.6) is 0 Å². The van der Waals surface area contributed by atoms with Crippen LogP contribution in [0.25, 0.3) is 0 Å². The second-order valence-corrected chi connectivity index (χ2v) is 2.55. The number of nitrogens with two attached hydrogens (primary N) is 1. The lowest BCUT2D eigenvalue weighted by Gasteiger charge is -2.23. The SMILES string of the molecule is C=C(C)C(C)(C)NN. The van der Waals surface area contributed by atoms with Gasteiger partial charge < -0.3 is 0 Å². The Bertz CT molecular complexity index is 94.7. The molecule has 0 unspecified atom stereocenters. The first-order valence-corrected chi connectivity index (χ1v) is 2.64. The van der Waals surface area contributed by atoms with Gasteiger partial charge in [-0.15, -0.1) is 0 Å². The number of nitrogens with one attached hydrogen (secondary N) is 1. The topological polar surface area (TPSA) is 38.0 Å². The molecule has 0 radical (unpaired) electrons. The van der Waals surface area contributed by atoms with Crippen LogP contribution in [0.2, 0.25) is 0 Å². The highest BCUT2D eigenvalue weighted by atomic mass is 15.3. The molecule has 0 aliphatic carbocycles. The van der Waals surface area contributed by atoms with Crippen LogP contribution in [0.15, 0.2) is 12.2 Å². The van der Waals surface area contributed by atoms with Crippen LogP contribution in [0.3, 0.4) is 0 Å². The summed E-state index contributed by atoms with van der Waals surface area (Å²) in [5.74, 6) is 5.20. The van der Waals surface area contributed by atoms with Crippen LogP contribution >= 0.6 is 0 Å². The van der Waals surface area contributed by atoms with Crippen molar-refractivity contribution < 1.29 is 0 Å². The summed E-state index contributed by atoms with van der Waals surface area (Å²) in [5, 5.41) is 0. The van der Waals surface area contributed by atoms with E-state index in [9.17, 15) is 0 Å². The maximum atomic E-state index is 5.20. The second kappa shape index (κ2) is 2.29. The van der Waals surface area contributed by atoms with E-state index in [1.54, 1.807) is 0 Å². The average Bonchev–Trinajstić information content (AvgIpc) is 1.67. The summed E-state index contributed by atoms with van der Waals surface area (Å²) in [4.78, 5) is 0. The average molecular weight is 114 g/mol. The van der Waals surface area contributed by atoms with E-state index in [0.29, 0.717) is 0 Å². The van der Waals surface area contributed by atoms with Gasteiger partial charge in [0, 0.05) is 5.54 Å². The molecule has 0 aromatic rings. The number of hydrogen-bond donors (Lipinski definition) is 2. The van der Waals surface area contributed by atoms with Gasteiger partial charge in [0.05, 0.1) is 0 Å². The van der Waals surface area contributed by atoms with Crippen molar-refractivity contribution in [1.82, 2.24) is 5.43 Å². The van der Waals surface area contributed by atoms with Crippen molar-refractivity contribution in [3.8, 4) is 0 Å². The maximum Gasteiger partial charge on any atom is 0.0468 e. The third-order valence-electron chi connectivity index (χ3n) is 1.43. The Morgan fingerprint density at radius 2 is 2.00 bits per heavy atom. The zero-order valence-electron chi connectivity index (χ0n) is 5.78. The molecule has 0 saturated carbocycles. The normalized spacial score (nSPS) is 11.5. The van der Waals surface area contributed by atoms with E-state index in [1.807, 2.05) is 20.8 Å². The summed E-state index contributed by atoms with van der Waals surface area (Å²) < 4.78 is 0. The minimum atomic E-state index is -0.125. The van der Waals surface area contributed by atoms with Gasteiger partial charge in [-0.25, -0.2) is 0 Å². The molecule has 0 aliphatic rings. The molecule has 0 fully saturated rings. The molecular weight excluding hydrogens is 100 g/mol. The Balaban J connectivity index is 3.91. The van der Waals surface area contributed by atoms with Crippen LogP contribution < -0.4 is 11.3 Å². The van der Waals surface area contributed by atoms with Gasteiger partial charge in [0.25, 0.3) is 0 Å². The van der Waals surface area contributed by atoms with E-state index in [0.717, 1.165) is 5.57 Å². The van der Waals surface area contributed by atoms with Crippen LogP contribution in [0, 0.1) is 0 Å². The van der Waals surface area contributed by atoms with Gasteiger partial charge in [-0.2, -0.15) is 0 Å². The van der Waals surface area contributed by atoms with E-state index in [2.05, 4.69) is 12.0 Å². The lowest BCUT2D eigenvalue weighted by atomic mass is 9.98. The summed E-state index contributed by atoms with van der Waals surface area (Å²) >= 11 is 0. The zero-order valence-corrected chi connectivity index (χ0v) is 5.78. The largest absolute Gasteiger partial charge is 0.271 e. The molecule has 0 bridgehead atoms. The van der Waals surface area contributed by atoms with Crippen molar-refractivity contribution in [2.75, 3.05) is 0 Å². The van der Waals surface area contributed by atoms with Crippen molar-refractivity contribution in [3.63, 3.8) is 0 Å². The molecule has 3 N–H and O–H groups in total. The summed E-state index contributed by atoms with van der Waals surface area (Å²) in [5.41, 5.74) is 3.56.